The first-order valence-electron chi connectivity index (χ1n) is 8.35. The van der Waals surface area contributed by atoms with Crippen molar-refractivity contribution in [2.75, 3.05) is 12.4 Å². The molecule has 1 fully saturated rings. The van der Waals surface area contributed by atoms with Crippen LogP contribution in [0.25, 0.3) is 0 Å². The Morgan fingerprint density at radius 3 is 2.62 bits per heavy atom. The van der Waals surface area contributed by atoms with E-state index in [0.717, 1.165) is 30.0 Å². The van der Waals surface area contributed by atoms with Crippen LogP contribution in [0, 0.1) is 0 Å². The molecule has 0 radical (unpaired) electrons. The Kier molecular flexibility index (Phi) is 4.41. The molecule has 1 N–H and O–H groups in total. The van der Waals surface area contributed by atoms with Crippen LogP contribution < -0.4 is 5.32 Å². The van der Waals surface area contributed by atoms with Gasteiger partial charge in [-0.1, -0.05) is 42.5 Å². The van der Waals surface area contributed by atoms with E-state index in [1.165, 1.54) is 5.56 Å². The molecule has 5 heteroatoms. The molecule has 1 saturated heterocycles. The maximum Gasteiger partial charge on any atom is 0.182 e. The lowest BCUT2D eigenvalue weighted by molar-refractivity contribution is 0.585. The lowest BCUT2D eigenvalue weighted by Gasteiger charge is -2.09. The van der Waals surface area contributed by atoms with E-state index in [-0.39, 0.29) is 5.25 Å². The van der Waals surface area contributed by atoms with E-state index in [1.807, 2.05) is 54.2 Å². The van der Waals surface area contributed by atoms with Crippen molar-refractivity contribution in [2.24, 2.45) is 0 Å². The van der Waals surface area contributed by atoms with Gasteiger partial charge in [0.05, 0.1) is 10.1 Å². The normalized spacial score (nSPS) is 24.8. The van der Waals surface area contributed by atoms with Crippen LogP contribution in [0.15, 0.2) is 53.4 Å². The minimum Gasteiger partial charge on any atom is -0.307 e. The number of hydrogen-bond donors (Lipinski definition) is 1. The van der Waals surface area contributed by atoms with Gasteiger partial charge in [-0.3, -0.25) is 0 Å². The maximum atomic E-state index is 12.8. The summed E-state index contributed by atoms with van der Waals surface area (Å²) in [6.45, 7) is 1.04. The summed E-state index contributed by atoms with van der Waals surface area (Å²) in [7, 11) is -3.21. The Hall–Kier alpha value is -1.30. The molecule has 2 aromatic carbocycles. The van der Waals surface area contributed by atoms with Gasteiger partial charge in [0.2, 0.25) is 0 Å². The third-order valence-electron chi connectivity index (χ3n) is 4.88. The molecule has 2 aliphatic rings. The molecule has 2 atom stereocenters. The van der Waals surface area contributed by atoms with Gasteiger partial charge in [0.25, 0.3) is 0 Å². The van der Waals surface area contributed by atoms with Crippen LogP contribution in [-0.4, -0.2) is 31.3 Å². The van der Waals surface area contributed by atoms with Crippen molar-refractivity contribution < 1.29 is 8.42 Å². The van der Waals surface area contributed by atoms with Gasteiger partial charge >= 0.3 is 0 Å². The van der Waals surface area contributed by atoms with E-state index in [1.54, 1.807) is 0 Å². The second-order valence-electron chi connectivity index (χ2n) is 6.59. The number of hydrogen-bond acceptors (Lipinski definition) is 4. The van der Waals surface area contributed by atoms with E-state index in [2.05, 4.69) is 11.4 Å². The second-order valence-corrected chi connectivity index (χ2v) is 10.1. The number of rotatable bonds is 4. The molecule has 0 amide bonds. The zero-order chi connectivity index (χ0) is 16.6. The zero-order valence-electron chi connectivity index (χ0n) is 13.4. The van der Waals surface area contributed by atoms with E-state index in [4.69, 9.17) is 0 Å². The Labute approximate surface area is 147 Å². The summed E-state index contributed by atoms with van der Waals surface area (Å²) in [6.07, 6.45) is 2.24. The molecule has 0 saturated carbocycles. The van der Waals surface area contributed by atoms with Gasteiger partial charge in [-0.25, -0.2) is 8.42 Å². The lowest BCUT2D eigenvalue weighted by Crippen LogP contribution is -2.19. The molecule has 0 aromatic heterocycles. The van der Waals surface area contributed by atoms with Crippen LogP contribution in [0.4, 0.5) is 0 Å². The highest BCUT2D eigenvalue weighted by Crippen LogP contribution is 2.34. The fourth-order valence-electron chi connectivity index (χ4n) is 3.64. The van der Waals surface area contributed by atoms with Crippen LogP contribution >= 0.6 is 11.8 Å². The Bertz CT molecular complexity index is 828. The average Bonchev–Trinajstić information content (AvgIpc) is 3.16. The van der Waals surface area contributed by atoms with E-state index in [9.17, 15) is 8.42 Å². The summed E-state index contributed by atoms with van der Waals surface area (Å²) in [6, 6.07) is 15.9. The molecule has 0 aliphatic carbocycles. The van der Waals surface area contributed by atoms with Gasteiger partial charge in [-0.15, -0.1) is 11.8 Å². The van der Waals surface area contributed by atoms with E-state index >= 15 is 0 Å². The molecular weight excluding hydrogens is 338 g/mol. The van der Waals surface area contributed by atoms with Gasteiger partial charge in [-0.05, 0) is 42.0 Å². The SMILES string of the molecule is O=S1(=O)c2ccc(CC3CNCS3)cc2CC1Cc1ccccc1. The van der Waals surface area contributed by atoms with E-state index in [0.29, 0.717) is 23.0 Å². The van der Waals surface area contributed by atoms with Crippen molar-refractivity contribution in [3.05, 3.63) is 65.2 Å². The largest absolute Gasteiger partial charge is 0.307 e. The Morgan fingerprint density at radius 2 is 1.88 bits per heavy atom. The zero-order valence-corrected chi connectivity index (χ0v) is 15.1. The highest BCUT2D eigenvalue weighted by molar-refractivity contribution is 8.00. The molecule has 24 heavy (non-hydrogen) atoms. The van der Waals surface area contributed by atoms with Gasteiger partial charge < -0.3 is 5.32 Å². The number of thioether (sulfide) groups is 1. The monoisotopic (exact) mass is 359 g/mol. The summed E-state index contributed by atoms with van der Waals surface area (Å²) in [4.78, 5) is 0.546. The first-order chi connectivity index (χ1) is 11.6. The summed E-state index contributed by atoms with van der Waals surface area (Å²) in [5, 5.41) is 3.63. The van der Waals surface area contributed by atoms with Crippen LogP contribution in [0.1, 0.15) is 16.7 Å². The Balaban J connectivity index is 1.56. The third kappa shape index (κ3) is 3.13. The molecule has 0 bridgehead atoms. The quantitative estimate of drug-likeness (QED) is 0.912. The van der Waals surface area contributed by atoms with Gasteiger partial charge in [-0.2, -0.15) is 0 Å². The number of nitrogens with one attached hydrogen (secondary N) is 1. The second kappa shape index (κ2) is 6.54. The van der Waals surface area contributed by atoms with Crippen molar-refractivity contribution >= 4 is 21.6 Å². The average molecular weight is 360 g/mol. The molecule has 126 valence electrons. The molecule has 2 aliphatic heterocycles. The summed E-state index contributed by atoms with van der Waals surface area (Å²) >= 11 is 1.94. The summed E-state index contributed by atoms with van der Waals surface area (Å²) in [5.74, 6) is 1.02. The van der Waals surface area contributed by atoms with Crippen molar-refractivity contribution in [2.45, 2.75) is 34.7 Å². The number of benzene rings is 2. The van der Waals surface area contributed by atoms with Gasteiger partial charge in [0.15, 0.2) is 9.84 Å². The summed E-state index contributed by atoms with van der Waals surface area (Å²) in [5.41, 5.74) is 3.35. The minimum atomic E-state index is -3.21. The van der Waals surface area contributed by atoms with Crippen molar-refractivity contribution in [1.82, 2.24) is 5.32 Å². The van der Waals surface area contributed by atoms with Gasteiger partial charge in [0.1, 0.15) is 0 Å². The molecule has 0 spiro atoms. The standard InChI is InChI=1S/C19H21NO2S2/c21-24(22)18(10-14-4-2-1-3-5-14)11-16-8-15(6-7-19(16)24)9-17-12-20-13-23-17/h1-8,17-18,20H,9-13H2. The Morgan fingerprint density at radius 1 is 1.04 bits per heavy atom. The maximum absolute atomic E-state index is 12.8. The predicted octanol–water partition coefficient (Wildman–Crippen LogP) is 2.83. The van der Waals surface area contributed by atoms with Crippen molar-refractivity contribution in [3.8, 4) is 0 Å². The first-order valence-corrected chi connectivity index (χ1v) is 10.9. The molecule has 2 heterocycles. The van der Waals surface area contributed by atoms with Crippen molar-refractivity contribution in [1.29, 1.82) is 0 Å². The summed E-state index contributed by atoms with van der Waals surface area (Å²) < 4.78 is 25.7. The third-order valence-corrected chi connectivity index (χ3v) is 8.28. The lowest BCUT2D eigenvalue weighted by atomic mass is 10.0. The van der Waals surface area contributed by atoms with Gasteiger partial charge in [0, 0.05) is 17.7 Å². The molecule has 4 rings (SSSR count). The fourth-order valence-corrected chi connectivity index (χ4v) is 6.59. The van der Waals surface area contributed by atoms with Crippen LogP contribution in [0.2, 0.25) is 0 Å². The highest BCUT2D eigenvalue weighted by Gasteiger charge is 2.37. The van der Waals surface area contributed by atoms with E-state index < -0.39 is 9.84 Å². The smallest absolute Gasteiger partial charge is 0.182 e. The van der Waals surface area contributed by atoms with Crippen molar-refractivity contribution in [3.63, 3.8) is 0 Å². The van der Waals surface area contributed by atoms with Crippen LogP contribution in [-0.2, 0) is 29.1 Å². The molecule has 2 unspecified atom stereocenters. The number of sulfone groups is 1. The molecule has 2 aromatic rings. The predicted molar refractivity (Wildman–Crippen MR) is 99.2 cm³/mol. The minimum absolute atomic E-state index is 0.326. The van der Waals surface area contributed by atoms with Crippen LogP contribution in [0.3, 0.4) is 0 Å². The number of fused-ring (bicyclic) bond motifs is 1. The highest BCUT2D eigenvalue weighted by atomic mass is 32.2. The fraction of sp³-hybridized carbons (Fsp3) is 0.368. The topological polar surface area (TPSA) is 46.2 Å². The van der Waals surface area contributed by atoms with Crippen LogP contribution in [0.5, 0.6) is 0 Å². The first kappa shape index (κ1) is 16.2. The molecule has 3 nitrogen and oxygen atoms in total. The molecular formula is C19H21NO2S2.